The monoisotopic (exact) mass is 373 g/mol. The Bertz CT molecular complexity index is 679. The van der Waals surface area contributed by atoms with Crippen LogP contribution in [0.1, 0.15) is 27.8 Å². The van der Waals surface area contributed by atoms with Gasteiger partial charge in [0.1, 0.15) is 11.5 Å². The highest BCUT2D eigenvalue weighted by Gasteiger charge is 2.18. The van der Waals surface area contributed by atoms with Crippen molar-refractivity contribution in [1.29, 1.82) is 0 Å². The molecule has 0 atom stereocenters. The van der Waals surface area contributed by atoms with E-state index in [1.54, 1.807) is 28.7 Å². The number of rotatable bonds is 3. The van der Waals surface area contributed by atoms with Crippen LogP contribution in [0.5, 0.6) is 0 Å². The van der Waals surface area contributed by atoms with Gasteiger partial charge in [0.2, 0.25) is 0 Å². The predicted octanol–water partition coefficient (Wildman–Crippen LogP) is 3.12. The zero-order valence-electron chi connectivity index (χ0n) is 9.85. The van der Waals surface area contributed by atoms with E-state index in [1.165, 1.54) is 35.9 Å². The molecule has 0 saturated heterocycles. The van der Waals surface area contributed by atoms with Crippen LogP contribution >= 0.6 is 22.6 Å². The highest BCUT2D eigenvalue weighted by atomic mass is 127. The number of carboxylic acids is 1. The number of nitrogens with zero attached hydrogens (tertiary/aromatic N) is 1. The second-order valence-corrected chi connectivity index (χ2v) is 5.00. The van der Waals surface area contributed by atoms with Crippen LogP contribution in [0, 0.1) is 9.39 Å². The van der Waals surface area contributed by atoms with Gasteiger partial charge >= 0.3 is 5.97 Å². The quantitative estimate of drug-likeness (QED) is 0.665. The lowest BCUT2D eigenvalue weighted by Crippen LogP contribution is -2.07. The fourth-order valence-corrected chi connectivity index (χ4v) is 2.32. The molecule has 1 N–H and O–H groups in total. The lowest BCUT2D eigenvalue weighted by molar-refractivity contribution is 0.0688. The van der Waals surface area contributed by atoms with Crippen molar-refractivity contribution in [2.75, 3.05) is 0 Å². The molecule has 0 aliphatic heterocycles. The predicted molar refractivity (Wildman–Crippen MR) is 75.4 cm³/mol. The van der Waals surface area contributed by atoms with Crippen LogP contribution in [0.25, 0.3) is 5.69 Å². The van der Waals surface area contributed by atoms with Gasteiger partial charge < -0.3 is 9.67 Å². The second kappa shape index (κ2) is 5.12. The van der Waals surface area contributed by atoms with Gasteiger partial charge in [0.15, 0.2) is 5.78 Å². The normalized spacial score (nSPS) is 10.5. The third-order valence-corrected chi connectivity index (χ3v) is 3.70. The average Bonchev–Trinajstić information content (AvgIpc) is 2.77. The van der Waals surface area contributed by atoms with E-state index < -0.39 is 11.8 Å². The van der Waals surface area contributed by atoms with E-state index in [-0.39, 0.29) is 17.0 Å². The molecule has 0 spiro atoms. The number of benzene rings is 1. The maximum atomic E-state index is 13.5. The van der Waals surface area contributed by atoms with Crippen LogP contribution in [0.2, 0.25) is 0 Å². The molecule has 0 aliphatic rings. The minimum absolute atomic E-state index is 0.0753. The Morgan fingerprint density at radius 3 is 2.63 bits per heavy atom. The molecule has 1 aromatic heterocycles. The molecule has 19 heavy (non-hydrogen) atoms. The van der Waals surface area contributed by atoms with Crippen molar-refractivity contribution < 1.29 is 19.1 Å². The number of aromatic nitrogens is 1. The Kier molecular flexibility index (Phi) is 3.70. The highest BCUT2D eigenvalue weighted by molar-refractivity contribution is 14.1. The van der Waals surface area contributed by atoms with E-state index in [4.69, 9.17) is 5.11 Å². The summed E-state index contributed by atoms with van der Waals surface area (Å²) in [5.74, 6) is -1.85. The van der Waals surface area contributed by atoms with E-state index in [9.17, 15) is 14.0 Å². The number of carbonyl (C=O) groups is 2. The van der Waals surface area contributed by atoms with Gasteiger partial charge in [-0.15, -0.1) is 0 Å². The van der Waals surface area contributed by atoms with E-state index in [0.29, 0.717) is 9.26 Å². The van der Waals surface area contributed by atoms with Gasteiger partial charge in [-0.25, -0.2) is 9.18 Å². The summed E-state index contributed by atoms with van der Waals surface area (Å²) in [5.41, 5.74) is 0.594. The number of halogens is 2. The maximum absolute atomic E-state index is 13.5. The van der Waals surface area contributed by atoms with Crippen LogP contribution in [0.3, 0.4) is 0 Å². The molecule has 2 rings (SSSR count). The maximum Gasteiger partial charge on any atom is 0.352 e. The average molecular weight is 373 g/mol. The zero-order valence-corrected chi connectivity index (χ0v) is 12.0. The van der Waals surface area contributed by atoms with Crippen LogP contribution in [0.4, 0.5) is 4.39 Å². The number of Topliss-reactive ketones (excluding diaryl/α,β-unsaturated/α-hetero) is 1. The first kappa shape index (κ1) is 13.7. The Labute approximate surface area is 122 Å². The van der Waals surface area contributed by atoms with Crippen molar-refractivity contribution in [3.8, 4) is 5.69 Å². The van der Waals surface area contributed by atoms with E-state index in [2.05, 4.69) is 0 Å². The fourth-order valence-electron chi connectivity index (χ4n) is 1.70. The Balaban J connectivity index is 2.70. The summed E-state index contributed by atoms with van der Waals surface area (Å²) in [6.45, 7) is 1.35. The minimum Gasteiger partial charge on any atom is -0.477 e. The molecule has 1 aromatic carbocycles. The number of ketones is 1. The largest absolute Gasteiger partial charge is 0.477 e. The molecule has 2 aromatic rings. The molecule has 1 heterocycles. The number of carboxylic acid groups (broad SMARTS) is 1. The lowest BCUT2D eigenvalue weighted by atomic mass is 10.2. The van der Waals surface area contributed by atoms with Crippen LogP contribution in [0.15, 0.2) is 30.5 Å². The van der Waals surface area contributed by atoms with Gasteiger partial charge in [-0.1, -0.05) is 6.07 Å². The molecular weight excluding hydrogens is 364 g/mol. The topological polar surface area (TPSA) is 59.3 Å². The molecule has 0 bridgehead atoms. The second-order valence-electron chi connectivity index (χ2n) is 3.92. The third kappa shape index (κ3) is 2.53. The summed E-state index contributed by atoms with van der Waals surface area (Å²) in [4.78, 5) is 22.5. The van der Waals surface area contributed by atoms with Gasteiger partial charge in [0, 0.05) is 11.8 Å². The van der Waals surface area contributed by atoms with E-state index >= 15 is 0 Å². The number of carbonyl (C=O) groups excluding carboxylic acids is 1. The molecule has 0 aliphatic carbocycles. The van der Waals surface area contributed by atoms with Gasteiger partial charge in [-0.05, 0) is 47.7 Å². The molecular formula is C13H9FINO3. The van der Waals surface area contributed by atoms with Crippen molar-refractivity contribution in [1.82, 2.24) is 4.57 Å². The standard InChI is InChI=1S/C13H9FINO3/c1-7(17)8-5-11(13(18)19)16(6-8)10-4-2-3-9(14)12(10)15/h2-6H,1H3,(H,18,19). The third-order valence-electron chi connectivity index (χ3n) is 2.64. The summed E-state index contributed by atoms with van der Waals surface area (Å²) >= 11 is 1.80. The summed E-state index contributed by atoms with van der Waals surface area (Å²) in [5, 5.41) is 9.15. The van der Waals surface area contributed by atoms with Crippen molar-refractivity contribution >= 4 is 34.3 Å². The van der Waals surface area contributed by atoms with Crippen LogP contribution in [-0.2, 0) is 0 Å². The minimum atomic E-state index is -1.17. The van der Waals surface area contributed by atoms with Crippen molar-refractivity contribution in [3.63, 3.8) is 0 Å². The fraction of sp³-hybridized carbons (Fsp3) is 0.0769. The Morgan fingerprint density at radius 2 is 2.05 bits per heavy atom. The number of hydrogen-bond donors (Lipinski definition) is 1. The van der Waals surface area contributed by atoms with Crippen LogP contribution in [-0.4, -0.2) is 21.4 Å². The molecule has 98 valence electrons. The van der Waals surface area contributed by atoms with Gasteiger partial charge in [0.05, 0.1) is 9.26 Å². The van der Waals surface area contributed by atoms with Gasteiger partial charge in [-0.3, -0.25) is 4.79 Å². The van der Waals surface area contributed by atoms with Gasteiger partial charge in [-0.2, -0.15) is 0 Å². The van der Waals surface area contributed by atoms with Crippen molar-refractivity contribution in [3.05, 3.63) is 51.1 Å². The summed E-state index contributed by atoms with van der Waals surface area (Å²) < 4.78 is 15.1. The molecule has 0 radical (unpaired) electrons. The SMILES string of the molecule is CC(=O)c1cc(C(=O)O)n(-c2cccc(F)c2I)c1. The number of hydrogen-bond acceptors (Lipinski definition) is 2. The summed E-state index contributed by atoms with van der Waals surface area (Å²) in [6.07, 6.45) is 1.41. The molecule has 4 nitrogen and oxygen atoms in total. The van der Waals surface area contributed by atoms with Crippen molar-refractivity contribution in [2.24, 2.45) is 0 Å². The number of aromatic carboxylic acids is 1. The first-order chi connectivity index (χ1) is 8.91. The van der Waals surface area contributed by atoms with E-state index in [0.717, 1.165) is 0 Å². The lowest BCUT2D eigenvalue weighted by Gasteiger charge is -2.09. The first-order valence-corrected chi connectivity index (χ1v) is 6.40. The Hall–Kier alpha value is -1.70. The smallest absolute Gasteiger partial charge is 0.352 e. The molecule has 0 unspecified atom stereocenters. The molecule has 0 fully saturated rings. The van der Waals surface area contributed by atoms with E-state index in [1.807, 2.05) is 0 Å². The highest BCUT2D eigenvalue weighted by Crippen LogP contribution is 2.23. The first-order valence-electron chi connectivity index (χ1n) is 5.33. The zero-order chi connectivity index (χ0) is 14.2. The van der Waals surface area contributed by atoms with Gasteiger partial charge in [0.25, 0.3) is 0 Å². The molecule has 6 heteroatoms. The van der Waals surface area contributed by atoms with Crippen LogP contribution < -0.4 is 0 Å². The summed E-state index contributed by atoms with van der Waals surface area (Å²) in [6, 6.07) is 5.67. The van der Waals surface area contributed by atoms with Crippen molar-refractivity contribution in [2.45, 2.75) is 6.92 Å². The summed E-state index contributed by atoms with van der Waals surface area (Å²) in [7, 11) is 0. The molecule has 0 saturated carbocycles. The molecule has 0 amide bonds. The Morgan fingerprint density at radius 1 is 1.37 bits per heavy atom.